The lowest BCUT2D eigenvalue weighted by Gasteiger charge is -2.03. The smallest absolute Gasteiger partial charge is 0.344 e. The molecule has 0 radical (unpaired) electrons. The molecular formula is C16H11IO2. The predicted octanol–water partition coefficient (Wildman–Crippen LogP) is 4.37. The highest BCUT2D eigenvalue weighted by Crippen LogP contribution is 2.22. The van der Waals surface area contributed by atoms with Crippen LogP contribution >= 0.6 is 22.6 Å². The molecule has 0 saturated carbocycles. The van der Waals surface area contributed by atoms with Crippen LogP contribution < -0.4 is 5.63 Å². The average molecular weight is 362 g/mol. The first kappa shape index (κ1) is 12.4. The van der Waals surface area contributed by atoms with Gasteiger partial charge < -0.3 is 4.42 Å². The highest BCUT2D eigenvalue weighted by Gasteiger charge is 2.07. The van der Waals surface area contributed by atoms with E-state index in [0.717, 1.165) is 14.5 Å². The Morgan fingerprint density at radius 3 is 2.47 bits per heavy atom. The maximum atomic E-state index is 12.0. The van der Waals surface area contributed by atoms with E-state index in [2.05, 4.69) is 22.6 Å². The number of hydrogen-bond acceptors (Lipinski definition) is 2. The molecule has 1 heterocycles. The first-order valence-electron chi connectivity index (χ1n) is 5.94. The Kier molecular flexibility index (Phi) is 3.14. The second-order valence-electron chi connectivity index (χ2n) is 4.50. The molecule has 2 nitrogen and oxygen atoms in total. The van der Waals surface area contributed by atoms with Crippen molar-refractivity contribution in [1.29, 1.82) is 0 Å². The van der Waals surface area contributed by atoms with Gasteiger partial charge in [-0.3, -0.25) is 0 Å². The number of aryl methyl sites for hydroxylation is 1. The fraction of sp³-hybridized carbons (Fsp3) is 0.0625. The minimum atomic E-state index is -0.294. The molecular weight excluding hydrogens is 351 g/mol. The van der Waals surface area contributed by atoms with E-state index < -0.39 is 0 Å². The minimum absolute atomic E-state index is 0.294. The summed E-state index contributed by atoms with van der Waals surface area (Å²) in [4.78, 5) is 12.0. The first-order chi connectivity index (χ1) is 9.13. The number of fused-ring (bicyclic) bond motifs is 1. The molecule has 0 aliphatic carbocycles. The molecule has 0 aliphatic rings. The van der Waals surface area contributed by atoms with E-state index >= 15 is 0 Å². The lowest BCUT2D eigenvalue weighted by Crippen LogP contribution is -2.02. The molecule has 0 spiro atoms. The summed E-state index contributed by atoms with van der Waals surface area (Å²) in [5.74, 6) is 0. The molecule has 0 aliphatic heterocycles. The van der Waals surface area contributed by atoms with Crippen LogP contribution in [0.3, 0.4) is 0 Å². The van der Waals surface area contributed by atoms with Crippen LogP contribution in [0.2, 0.25) is 0 Å². The third-order valence-electron chi connectivity index (χ3n) is 3.06. The molecule has 0 unspecified atom stereocenters. The molecule has 0 saturated heterocycles. The Bertz CT molecular complexity index is 801. The molecule has 3 heteroatoms. The SMILES string of the molecule is Cc1ccc(-c2cc3cc(I)ccc3oc2=O)cc1. The van der Waals surface area contributed by atoms with Crippen LogP contribution in [0.5, 0.6) is 0 Å². The van der Waals surface area contributed by atoms with Gasteiger partial charge in [-0.25, -0.2) is 4.79 Å². The summed E-state index contributed by atoms with van der Waals surface area (Å²) in [5, 5.41) is 0.946. The van der Waals surface area contributed by atoms with E-state index in [1.807, 2.05) is 55.5 Å². The zero-order chi connectivity index (χ0) is 13.4. The molecule has 0 amide bonds. The number of benzene rings is 2. The second kappa shape index (κ2) is 4.81. The Balaban J connectivity index is 2.26. The van der Waals surface area contributed by atoms with Crippen molar-refractivity contribution in [2.45, 2.75) is 6.92 Å². The fourth-order valence-corrected chi connectivity index (χ4v) is 2.54. The van der Waals surface area contributed by atoms with Crippen LogP contribution in [0.4, 0.5) is 0 Å². The largest absolute Gasteiger partial charge is 0.422 e. The Morgan fingerprint density at radius 2 is 1.74 bits per heavy atom. The molecule has 3 aromatic rings. The van der Waals surface area contributed by atoms with E-state index in [1.54, 1.807) is 0 Å². The van der Waals surface area contributed by atoms with E-state index in [-0.39, 0.29) is 5.63 Å². The second-order valence-corrected chi connectivity index (χ2v) is 5.74. The third kappa shape index (κ3) is 2.42. The van der Waals surface area contributed by atoms with Crippen molar-refractivity contribution in [2.24, 2.45) is 0 Å². The van der Waals surface area contributed by atoms with E-state index in [9.17, 15) is 4.79 Å². The van der Waals surface area contributed by atoms with Crippen LogP contribution in [0.15, 0.2) is 57.7 Å². The highest BCUT2D eigenvalue weighted by atomic mass is 127. The van der Waals surface area contributed by atoms with Gasteiger partial charge in [-0.15, -0.1) is 0 Å². The Morgan fingerprint density at radius 1 is 1.00 bits per heavy atom. The van der Waals surface area contributed by atoms with Crippen LogP contribution in [0.1, 0.15) is 5.56 Å². The van der Waals surface area contributed by atoms with Crippen molar-refractivity contribution in [2.75, 3.05) is 0 Å². The standard InChI is InChI=1S/C16H11IO2/c1-10-2-4-11(5-3-10)14-9-12-8-13(17)6-7-15(12)19-16(14)18/h2-9H,1H3. The summed E-state index contributed by atoms with van der Waals surface area (Å²) in [6, 6.07) is 15.5. The van der Waals surface area contributed by atoms with Crippen molar-refractivity contribution < 1.29 is 4.42 Å². The van der Waals surface area contributed by atoms with Gasteiger partial charge in [0.1, 0.15) is 5.58 Å². The molecule has 94 valence electrons. The van der Waals surface area contributed by atoms with Gasteiger partial charge in [0.15, 0.2) is 0 Å². The van der Waals surface area contributed by atoms with Gasteiger partial charge in [-0.05, 0) is 59.3 Å². The minimum Gasteiger partial charge on any atom is -0.422 e. The predicted molar refractivity (Wildman–Crippen MR) is 85.4 cm³/mol. The molecule has 0 atom stereocenters. The van der Waals surface area contributed by atoms with Crippen molar-refractivity contribution in [3.63, 3.8) is 0 Å². The van der Waals surface area contributed by atoms with E-state index in [0.29, 0.717) is 11.1 Å². The van der Waals surface area contributed by atoms with Crippen molar-refractivity contribution in [1.82, 2.24) is 0 Å². The zero-order valence-electron chi connectivity index (χ0n) is 10.3. The molecule has 0 fully saturated rings. The average Bonchev–Trinajstić information content (AvgIpc) is 2.40. The summed E-state index contributed by atoms with van der Waals surface area (Å²) in [6.45, 7) is 2.02. The van der Waals surface area contributed by atoms with E-state index in [1.165, 1.54) is 5.56 Å². The highest BCUT2D eigenvalue weighted by molar-refractivity contribution is 14.1. The van der Waals surface area contributed by atoms with Gasteiger partial charge >= 0.3 is 5.63 Å². The fourth-order valence-electron chi connectivity index (χ4n) is 2.03. The summed E-state index contributed by atoms with van der Waals surface area (Å²) in [7, 11) is 0. The third-order valence-corrected chi connectivity index (χ3v) is 3.73. The van der Waals surface area contributed by atoms with Gasteiger partial charge in [0.05, 0.1) is 5.56 Å². The quantitative estimate of drug-likeness (QED) is 0.475. The van der Waals surface area contributed by atoms with Crippen LogP contribution in [-0.2, 0) is 0 Å². The zero-order valence-corrected chi connectivity index (χ0v) is 12.5. The van der Waals surface area contributed by atoms with Gasteiger partial charge in [0.25, 0.3) is 0 Å². The Labute approximate surface area is 124 Å². The maximum Gasteiger partial charge on any atom is 0.344 e. The summed E-state index contributed by atoms with van der Waals surface area (Å²) in [6.07, 6.45) is 0. The molecule has 0 N–H and O–H groups in total. The van der Waals surface area contributed by atoms with Crippen molar-refractivity contribution in [3.05, 3.63) is 68.1 Å². The lowest BCUT2D eigenvalue weighted by atomic mass is 10.0. The first-order valence-corrected chi connectivity index (χ1v) is 7.02. The maximum absolute atomic E-state index is 12.0. The van der Waals surface area contributed by atoms with Gasteiger partial charge in [-0.1, -0.05) is 29.8 Å². The summed E-state index contributed by atoms with van der Waals surface area (Å²) in [5.41, 5.74) is 3.00. The van der Waals surface area contributed by atoms with Crippen molar-refractivity contribution in [3.8, 4) is 11.1 Å². The van der Waals surface area contributed by atoms with Gasteiger partial charge in [0.2, 0.25) is 0 Å². The van der Waals surface area contributed by atoms with Crippen LogP contribution in [-0.4, -0.2) is 0 Å². The van der Waals surface area contributed by atoms with Crippen molar-refractivity contribution >= 4 is 33.6 Å². The summed E-state index contributed by atoms with van der Waals surface area (Å²) >= 11 is 2.25. The number of halogens is 1. The normalized spacial score (nSPS) is 10.8. The lowest BCUT2D eigenvalue weighted by molar-refractivity contribution is 0.563. The van der Waals surface area contributed by atoms with Gasteiger partial charge in [0, 0.05) is 8.96 Å². The molecule has 19 heavy (non-hydrogen) atoms. The van der Waals surface area contributed by atoms with Gasteiger partial charge in [-0.2, -0.15) is 0 Å². The molecule has 0 bridgehead atoms. The number of rotatable bonds is 1. The Hall–Kier alpha value is -1.62. The molecule has 2 aromatic carbocycles. The van der Waals surface area contributed by atoms with Crippen LogP contribution in [0, 0.1) is 10.5 Å². The molecule has 3 rings (SSSR count). The topological polar surface area (TPSA) is 30.2 Å². The van der Waals surface area contributed by atoms with Crippen LogP contribution in [0.25, 0.3) is 22.1 Å². The van der Waals surface area contributed by atoms with E-state index in [4.69, 9.17) is 4.42 Å². The monoisotopic (exact) mass is 362 g/mol. The number of hydrogen-bond donors (Lipinski definition) is 0. The molecule has 1 aromatic heterocycles. The summed E-state index contributed by atoms with van der Waals surface area (Å²) < 4.78 is 6.49.